The molecule has 0 saturated carbocycles. The number of fused-ring (bicyclic) bond motifs is 2. The maximum atomic E-state index is 11.8. The fourth-order valence-electron chi connectivity index (χ4n) is 3.78. The minimum absolute atomic E-state index is 0.0905. The Kier molecular flexibility index (Phi) is 5.32. The molecule has 3 rings (SSSR count). The van der Waals surface area contributed by atoms with Gasteiger partial charge in [0.25, 0.3) is 0 Å². The van der Waals surface area contributed by atoms with Crippen molar-refractivity contribution in [1.82, 2.24) is 4.90 Å². The first-order valence-corrected chi connectivity index (χ1v) is 10.5. The zero-order valence-electron chi connectivity index (χ0n) is 14.2. The minimum Gasteiger partial charge on any atom is -0.494 e. The molecule has 2 heterocycles. The van der Waals surface area contributed by atoms with Crippen molar-refractivity contribution in [2.75, 3.05) is 49.2 Å². The van der Waals surface area contributed by atoms with Crippen molar-refractivity contribution in [1.29, 1.82) is 0 Å². The van der Waals surface area contributed by atoms with Gasteiger partial charge in [-0.25, -0.2) is 8.42 Å². The summed E-state index contributed by atoms with van der Waals surface area (Å²) in [6, 6.07) is 9.19. The second kappa shape index (κ2) is 7.29. The monoisotopic (exact) mass is 353 g/mol. The van der Waals surface area contributed by atoms with E-state index in [1.165, 1.54) is 5.69 Å². The van der Waals surface area contributed by atoms with Crippen LogP contribution in [0.1, 0.15) is 13.3 Å². The molecule has 2 N–H and O–H groups in total. The standard InChI is InChI=1S/C17H27N3O3S/c1-2-23-17-5-3-14(4-6-17)20-13-15-11-16(20)12-19(15)8-10-24(21,22)9-7-18/h3-6,15-16H,2,7-13,18H2,1H3/t15?,16-/m0/s1. The molecule has 2 fully saturated rings. The zero-order chi connectivity index (χ0) is 17.2. The lowest BCUT2D eigenvalue weighted by Crippen LogP contribution is -2.47. The Balaban J connectivity index is 1.55. The summed E-state index contributed by atoms with van der Waals surface area (Å²) < 4.78 is 29.2. The van der Waals surface area contributed by atoms with Crippen molar-refractivity contribution in [3.05, 3.63) is 24.3 Å². The number of ether oxygens (including phenoxy) is 1. The first kappa shape index (κ1) is 17.5. The summed E-state index contributed by atoms with van der Waals surface area (Å²) in [5, 5.41) is 0. The molecule has 1 unspecified atom stereocenters. The highest BCUT2D eigenvalue weighted by molar-refractivity contribution is 7.91. The van der Waals surface area contributed by atoms with Crippen molar-refractivity contribution in [3.8, 4) is 5.75 Å². The van der Waals surface area contributed by atoms with Gasteiger partial charge in [0, 0.05) is 44.0 Å². The molecule has 2 aliphatic heterocycles. The number of hydrogen-bond donors (Lipinski definition) is 1. The lowest BCUT2D eigenvalue weighted by Gasteiger charge is -2.35. The summed E-state index contributed by atoms with van der Waals surface area (Å²) in [6.45, 7) is 5.40. The number of likely N-dealkylation sites (tertiary alicyclic amines) is 1. The van der Waals surface area contributed by atoms with E-state index in [1.54, 1.807) is 0 Å². The number of sulfone groups is 1. The summed E-state index contributed by atoms with van der Waals surface area (Å²) in [4.78, 5) is 4.76. The van der Waals surface area contributed by atoms with Gasteiger partial charge >= 0.3 is 0 Å². The largest absolute Gasteiger partial charge is 0.494 e. The van der Waals surface area contributed by atoms with Crippen LogP contribution in [0.2, 0.25) is 0 Å². The maximum Gasteiger partial charge on any atom is 0.152 e. The van der Waals surface area contributed by atoms with E-state index in [1.807, 2.05) is 19.1 Å². The number of benzene rings is 1. The van der Waals surface area contributed by atoms with Gasteiger partial charge in [-0.05, 0) is 37.6 Å². The second-order valence-electron chi connectivity index (χ2n) is 6.56. The third-order valence-electron chi connectivity index (χ3n) is 4.95. The van der Waals surface area contributed by atoms with Gasteiger partial charge < -0.3 is 15.4 Å². The van der Waals surface area contributed by atoms with E-state index in [0.29, 0.717) is 25.2 Å². The van der Waals surface area contributed by atoms with Crippen LogP contribution >= 0.6 is 0 Å². The van der Waals surface area contributed by atoms with Crippen LogP contribution in [-0.4, -0.2) is 69.7 Å². The van der Waals surface area contributed by atoms with Crippen LogP contribution in [0, 0.1) is 0 Å². The lowest BCUT2D eigenvalue weighted by atomic mass is 10.2. The summed E-state index contributed by atoms with van der Waals surface area (Å²) in [5.41, 5.74) is 6.59. The molecule has 1 aromatic carbocycles. The predicted octanol–water partition coefficient (Wildman–Crippen LogP) is 0.722. The third kappa shape index (κ3) is 3.84. The van der Waals surface area contributed by atoms with Gasteiger partial charge in [-0.1, -0.05) is 0 Å². The number of hydrogen-bond acceptors (Lipinski definition) is 6. The Bertz CT molecular complexity index is 648. The molecule has 24 heavy (non-hydrogen) atoms. The number of rotatable bonds is 8. The van der Waals surface area contributed by atoms with E-state index in [9.17, 15) is 8.42 Å². The van der Waals surface area contributed by atoms with Crippen molar-refractivity contribution < 1.29 is 13.2 Å². The van der Waals surface area contributed by atoms with Crippen molar-refractivity contribution >= 4 is 15.5 Å². The van der Waals surface area contributed by atoms with E-state index in [4.69, 9.17) is 10.5 Å². The fraction of sp³-hybridized carbons (Fsp3) is 0.647. The highest BCUT2D eigenvalue weighted by atomic mass is 32.2. The van der Waals surface area contributed by atoms with Gasteiger partial charge in [0.05, 0.1) is 18.1 Å². The van der Waals surface area contributed by atoms with Crippen LogP contribution in [0.4, 0.5) is 5.69 Å². The average Bonchev–Trinajstić information content (AvgIpc) is 3.14. The van der Waals surface area contributed by atoms with Gasteiger partial charge in [0.1, 0.15) is 5.75 Å². The van der Waals surface area contributed by atoms with E-state index in [-0.39, 0.29) is 18.1 Å². The normalized spacial score (nSPS) is 23.8. The van der Waals surface area contributed by atoms with Crippen LogP contribution in [-0.2, 0) is 9.84 Å². The van der Waals surface area contributed by atoms with Crippen LogP contribution in [0.15, 0.2) is 24.3 Å². The molecule has 7 heteroatoms. The molecule has 0 spiro atoms. The average molecular weight is 353 g/mol. The van der Waals surface area contributed by atoms with Gasteiger partial charge in [-0.15, -0.1) is 0 Å². The number of anilines is 1. The molecular weight excluding hydrogens is 326 g/mol. The molecule has 2 bridgehead atoms. The Morgan fingerprint density at radius 1 is 1.17 bits per heavy atom. The molecule has 0 aromatic heterocycles. The van der Waals surface area contributed by atoms with Gasteiger partial charge in [0.2, 0.25) is 0 Å². The molecule has 0 aliphatic carbocycles. The molecule has 2 atom stereocenters. The maximum absolute atomic E-state index is 11.8. The second-order valence-corrected chi connectivity index (χ2v) is 8.86. The molecule has 2 saturated heterocycles. The van der Waals surface area contributed by atoms with Crippen molar-refractivity contribution in [2.45, 2.75) is 25.4 Å². The topological polar surface area (TPSA) is 75.9 Å². The Labute approximate surface area is 144 Å². The van der Waals surface area contributed by atoms with Gasteiger partial charge in [-0.3, -0.25) is 4.90 Å². The quantitative estimate of drug-likeness (QED) is 0.742. The zero-order valence-corrected chi connectivity index (χ0v) is 15.0. The number of piperazine rings is 1. The molecule has 134 valence electrons. The minimum atomic E-state index is -3.01. The highest BCUT2D eigenvalue weighted by Gasteiger charge is 2.43. The van der Waals surface area contributed by atoms with E-state index < -0.39 is 9.84 Å². The number of nitrogens with two attached hydrogens (primary N) is 1. The van der Waals surface area contributed by atoms with Gasteiger partial charge in [-0.2, -0.15) is 0 Å². The van der Waals surface area contributed by atoms with E-state index >= 15 is 0 Å². The van der Waals surface area contributed by atoms with E-state index in [0.717, 1.165) is 25.3 Å². The highest BCUT2D eigenvalue weighted by Crippen LogP contribution is 2.35. The molecule has 0 radical (unpaired) electrons. The first-order valence-electron chi connectivity index (χ1n) is 8.66. The molecule has 2 aliphatic rings. The molecule has 1 aromatic rings. The van der Waals surface area contributed by atoms with Gasteiger partial charge in [0.15, 0.2) is 9.84 Å². The lowest BCUT2D eigenvalue weighted by molar-refractivity contribution is 0.252. The summed E-state index contributed by atoms with van der Waals surface area (Å²) in [5.74, 6) is 1.21. The Morgan fingerprint density at radius 2 is 1.92 bits per heavy atom. The van der Waals surface area contributed by atoms with Crippen molar-refractivity contribution in [3.63, 3.8) is 0 Å². The van der Waals surface area contributed by atoms with Crippen LogP contribution in [0.25, 0.3) is 0 Å². The number of nitrogens with zero attached hydrogens (tertiary/aromatic N) is 2. The smallest absolute Gasteiger partial charge is 0.152 e. The first-order chi connectivity index (χ1) is 11.5. The van der Waals surface area contributed by atoms with E-state index in [2.05, 4.69) is 21.9 Å². The Morgan fingerprint density at radius 3 is 2.50 bits per heavy atom. The molecular formula is C17H27N3O3S. The summed E-state index contributed by atoms with van der Waals surface area (Å²) >= 11 is 0. The summed E-state index contributed by atoms with van der Waals surface area (Å²) in [7, 11) is -3.01. The molecule has 6 nitrogen and oxygen atoms in total. The summed E-state index contributed by atoms with van der Waals surface area (Å²) in [6.07, 6.45) is 1.12. The SMILES string of the molecule is CCOc1ccc(N2CC3C[C@H]2CN3CCS(=O)(=O)CCN)cc1. The van der Waals surface area contributed by atoms with Crippen LogP contribution in [0.3, 0.4) is 0 Å². The van der Waals surface area contributed by atoms with Crippen LogP contribution < -0.4 is 15.4 Å². The fourth-order valence-corrected chi connectivity index (χ4v) is 4.85. The molecule has 0 amide bonds. The Hall–Kier alpha value is -1.31. The van der Waals surface area contributed by atoms with Crippen molar-refractivity contribution in [2.24, 2.45) is 5.73 Å². The van der Waals surface area contributed by atoms with Crippen LogP contribution in [0.5, 0.6) is 5.75 Å². The predicted molar refractivity (Wildman–Crippen MR) is 96.4 cm³/mol. The third-order valence-corrected chi connectivity index (χ3v) is 6.61.